The summed E-state index contributed by atoms with van der Waals surface area (Å²) in [4.78, 5) is 4.61. The van der Waals surface area contributed by atoms with Crippen LogP contribution in [0.1, 0.15) is 17.7 Å². The third kappa shape index (κ3) is 4.61. The molecule has 1 saturated heterocycles. The fourth-order valence-corrected chi connectivity index (χ4v) is 4.07. The number of methoxy groups -OCH3 is 1. The summed E-state index contributed by atoms with van der Waals surface area (Å²) in [6.07, 6.45) is 0.661. The van der Waals surface area contributed by atoms with Gasteiger partial charge in [0.25, 0.3) is 0 Å². The van der Waals surface area contributed by atoms with Crippen LogP contribution in [-0.4, -0.2) is 54.3 Å². The molecule has 0 aliphatic carbocycles. The number of furan rings is 1. The smallest absolute Gasteiger partial charge is 0.134 e. The number of rotatable bonds is 7. The van der Waals surface area contributed by atoms with Crippen LogP contribution < -0.4 is 4.74 Å². The van der Waals surface area contributed by atoms with Crippen LogP contribution in [0.15, 0.2) is 52.9 Å². The maximum absolute atomic E-state index is 14.4. The molecule has 0 unspecified atom stereocenters. The van der Waals surface area contributed by atoms with Gasteiger partial charge in [0.05, 0.1) is 13.7 Å². The van der Waals surface area contributed by atoms with Gasteiger partial charge in [-0.3, -0.25) is 9.80 Å². The van der Waals surface area contributed by atoms with Gasteiger partial charge < -0.3 is 14.3 Å². The number of hydrogen-bond donors (Lipinski definition) is 1. The first-order valence-corrected chi connectivity index (χ1v) is 10.0. The average Bonchev–Trinajstić information content (AvgIpc) is 3.13. The van der Waals surface area contributed by atoms with Gasteiger partial charge in [-0.15, -0.1) is 0 Å². The van der Waals surface area contributed by atoms with Crippen LogP contribution in [0.3, 0.4) is 0 Å². The van der Waals surface area contributed by atoms with E-state index in [0.717, 1.165) is 42.9 Å². The number of nitrogens with zero attached hydrogens (tertiary/aromatic N) is 2. The minimum Gasteiger partial charge on any atom is -0.497 e. The number of para-hydroxylation sites is 1. The first-order valence-electron chi connectivity index (χ1n) is 10.0. The molecule has 0 saturated carbocycles. The van der Waals surface area contributed by atoms with Crippen molar-refractivity contribution in [2.75, 3.05) is 33.4 Å². The highest BCUT2D eigenvalue weighted by Crippen LogP contribution is 2.24. The van der Waals surface area contributed by atoms with Gasteiger partial charge >= 0.3 is 0 Å². The van der Waals surface area contributed by atoms with E-state index in [0.29, 0.717) is 24.3 Å². The molecule has 1 aliphatic heterocycles. The van der Waals surface area contributed by atoms with Crippen LogP contribution in [0.25, 0.3) is 11.0 Å². The highest BCUT2D eigenvalue weighted by molar-refractivity contribution is 5.77. The van der Waals surface area contributed by atoms with Gasteiger partial charge in [-0.1, -0.05) is 24.3 Å². The van der Waals surface area contributed by atoms with E-state index >= 15 is 0 Å². The molecule has 5 nitrogen and oxygen atoms in total. The number of halogens is 1. The summed E-state index contributed by atoms with van der Waals surface area (Å²) in [6.45, 7) is 3.88. The summed E-state index contributed by atoms with van der Waals surface area (Å²) >= 11 is 0. The fourth-order valence-electron chi connectivity index (χ4n) is 4.07. The monoisotopic (exact) mass is 398 g/mol. The molecule has 1 atom stereocenters. The highest BCUT2D eigenvalue weighted by Gasteiger charge is 2.28. The fraction of sp³-hybridized carbons (Fsp3) is 0.391. The van der Waals surface area contributed by atoms with E-state index in [2.05, 4.69) is 21.9 Å². The number of benzene rings is 2. The molecule has 3 aromatic rings. The van der Waals surface area contributed by atoms with E-state index in [9.17, 15) is 9.50 Å². The van der Waals surface area contributed by atoms with Gasteiger partial charge in [-0.05, 0) is 24.6 Å². The van der Waals surface area contributed by atoms with Crippen molar-refractivity contribution in [2.24, 2.45) is 0 Å². The van der Waals surface area contributed by atoms with Crippen LogP contribution in [-0.2, 0) is 13.1 Å². The van der Waals surface area contributed by atoms with Crippen molar-refractivity contribution >= 4 is 11.0 Å². The average molecular weight is 398 g/mol. The molecule has 1 aliphatic rings. The standard InChI is InChI=1S/C23H27FN2O3/c1-28-20-7-6-18(22(24)13-20)14-26-10-9-25(15-19(26)8-11-27)16-21-12-17-4-2-3-5-23(17)29-21/h2-7,12-13,19,27H,8-11,14-16H2,1H3/t19-/m0/s1. The summed E-state index contributed by atoms with van der Waals surface area (Å²) in [5.74, 6) is 1.22. The summed E-state index contributed by atoms with van der Waals surface area (Å²) in [7, 11) is 1.53. The molecule has 0 spiro atoms. The lowest BCUT2D eigenvalue weighted by molar-refractivity contribution is 0.0464. The maximum Gasteiger partial charge on any atom is 0.134 e. The van der Waals surface area contributed by atoms with Gasteiger partial charge in [0.1, 0.15) is 22.9 Å². The van der Waals surface area contributed by atoms with Crippen molar-refractivity contribution in [2.45, 2.75) is 25.6 Å². The number of ether oxygens (including phenoxy) is 1. The van der Waals surface area contributed by atoms with Crippen molar-refractivity contribution in [3.8, 4) is 5.75 Å². The van der Waals surface area contributed by atoms with E-state index in [4.69, 9.17) is 9.15 Å². The third-order valence-electron chi connectivity index (χ3n) is 5.64. The third-order valence-corrected chi connectivity index (χ3v) is 5.64. The Morgan fingerprint density at radius 2 is 2.00 bits per heavy atom. The normalized spacial score (nSPS) is 18.4. The van der Waals surface area contributed by atoms with Gasteiger partial charge in [0, 0.05) is 55.8 Å². The van der Waals surface area contributed by atoms with Gasteiger partial charge in [-0.25, -0.2) is 4.39 Å². The summed E-state index contributed by atoms with van der Waals surface area (Å²) in [5.41, 5.74) is 1.56. The van der Waals surface area contributed by atoms with E-state index in [1.165, 1.54) is 13.2 Å². The molecule has 0 radical (unpaired) electrons. The van der Waals surface area contributed by atoms with Crippen LogP contribution >= 0.6 is 0 Å². The van der Waals surface area contributed by atoms with Crippen LogP contribution in [0, 0.1) is 5.82 Å². The number of fused-ring (bicyclic) bond motifs is 1. The molecule has 4 rings (SSSR count). The van der Waals surface area contributed by atoms with Gasteiger partial charge in [0.15, 0.2) is 0 Å². The van der Waals surface area contributed by atoms with E-state index in [1.807, 2.05) is 18.2 Å². The second-order valence-corrected chi connectivity index (χ2v) is 7.58. The van der Waals surface area contributed by atoms with Crippen molar-refractivity contribution in [3.63, 3.8) is 0 Å². The SMILES string of the molecule is COc1ccc(CN2CCN(Cc3cc4ccccc4o3)C[C@@H]2CCO)c(F)c1. The summed E-state index contributed by atoms with van der Waals surface area (Å²) in [6, 6.07) is 15.3. The lowest BCUT2D eigenvalue weighted by Gasteiger charge is -2.41. The largest absolute Gasteiger partial charge is 0.497 e. The van der Waals surface area contributed by atoms with Crippen molar-refractivity contribution in [3.05, 3.63) is 65.7 Å². The number of aliphatic hydroxyl groups is 1. The summed E-state index contributed by atoms with van der Waals surface area (Å²) < 4.78 is 25.4. The zero-order valence-corrected chi connectivity index (χ0v) is 16.7. The summed E-state index contributed by atoms with van der Waals surface area (Å²) in [5, 5.41) is 10.7. The Hall–Kier alpha value is -2.41. The predicted molar refractivity (Wildman–Crippen MR) is 110 cm³/mol. The molecular weight excluding hydrogens is 371 g/mol. The second kappa shape index (κ2) is 8.95. The molecule has 0 bridgehead atoms. The van der Waals surface area contributed by atoms with Crippen LogP contribution in [0.4, 0.5) is 4.39 Å². The maximum atomic E-state index is 14.4. The molecule has 1 N–H and O–H groups in total. The molecule has 6 heteroatoms. The minimum atomic E-state index is -0.253. The molecule has 1 aromatic heterocycles. The minimum absolute atomic E-state index is 0.116. The Morgan fingerprint density at radius 3 is 2.76 bits per heavy atom. The number of aliphatic hydroxyl groups excluding tert-OH is 1. The lowest BCUT2D eigenvalue weighted by Crippen LogP contribution is -2.52. The quantitative estimate of drug-likeness (QED) is 0.658. The number of hydrogen-bond acceptors (Lipinski definition) is 5. The zero-order chi connectivity index (χ0) is 20.2. The Kier molecular flexibility index (Phi) is 6.13. The highest BCUT2D eigenvalue weighted by atomic mass is 19.1. The molecular formula is C23H27FN2O3. The van der Waals surface area contributed by atoms with Gasteiger partial charge in [0.2, 0.25) is 0 Å². The Morgan fingerprint density at radius 1 is 1.14 bits per heavy atom. The first-order chi connectivity index (χ1) is 14.2. The van der Waals surface area contributed by atoms with E-state index in [1.54, 1.807) is 12.1 Å². The zero-order valence-electron chi connectivity index (χ0n) is 16.7. The number of piperazine rings is 1. The molecule has 1 fully saturated rings. The Balaban J connectivity index is 1.42. The predicted octanol–water partition coefficient (Wildman–Crippen LogP) is 3.65. The van der Waals surface area contributed by atoms with Gasteiger partial charge in [-0.2, -0.15) is 0 Å². The Bertz CT molecular complexity index is 925. The molecule has 2 aromatic carbocycles. The van der Waals surface area contributed by atoms with E-state index < -0.39 is 0 Å². The van der Waals surface area contributed by atoms with Crippen molar-refractivity contribution in [1.82, 2.24) is 9.80 Å². The second-order valence-electron chi connectivity index (χ2n) is 7.58. The molecule has 29 heavy (non-hydrogen) atoms. The molecule has 0 amide bonds. The first kappa shape index (κ1) is 19.9. The van der Waals surface area contributed by atoms with Crippen LogP contribution in [0.5, 0.6) is 5.75 Å². The van der Waals surface area contributed by atoms with Crippen molar-refractivity contribution < 1.29 is 18.7 Å². The Labute approximate surface area is 170 Å². The van der Waals surface area contributed by atoms with Crippen LogP contribution in [0.2, 0.25) is 0 Å². The van der Waals surface area contributed by atoms with E-state index in [-0.39, 0.29) is 18.5 Å². The molecule has 2 heterocycles. The van der Waals surface area contributed by atoms with Crippen molar-refractivity contribution in [1.29, 1.82) is 0 Å². The lowest BCUT2D eigenvalue weighted by atomic mass is 10.1. The molecule has 154 valence electrons. The topological polar surface area (TPSA) is 49.1 Å².